The molecular formula is C24H34ClN5O3. The topological polar surface area (TPSA) is 111 Å². The van der Waals surface area contributed by atoms with Crippen LogP contribution in [0.3, 0.4) is 0 Å². The molecule has 8 nitrogen and oxygen atoms in total. The van der Waals surface area contributed by atoms with Crippen molar-refractivity contribution in [1.82, 2.24) is 15.2 Å². The van der Waals surface area contributed by atoms with Crippen molar-refractivity contribution in [2.75, 3.05) is 25.0 Å². The fourth-order valence-corrected chi connectivity index (χ4v) is 4.38. The van der Waals surface area contributed by atoms with Crippen molar-refractivity contribution in [3.8, 4) is 6.07 Å². The summed E-state index contributed by atoms with van der Waals surface area (Å²) in [6, 6.07) is 6.51. The molecule has 3 rings (SSSR count). The first-order valence-electron chi connectivity index (χ1n) is 11.4. The molecule has 0 aliphatic carbocycles. The van der Waals surface area contributed by atoms with Gasteiger partial charge in [0.15, 0.2) is 0 Å². The highest BCUT2D eigenvalue weighted by Crippen LogP contribution is 2.28. The van der Waals surface area contributed by atoms with Gasteiger partial charge in [0.05, 0.1) is 11.5 Å². The van der Waals surface area contributed by atoms with Crippen molar-refractivity contribution < 1.29 is 10.6 Å². The van der Waals surface area contributed by atoms with Crippen molar-refractivity contribution in [2.24, 2.45) is 5.41 Å². The van der Waals surface area contributed by atoms with Gasteiger partial charge in [-0.25, -0.2) is 4.79 Å². The lowest BCUT2D eigenvalue weighted by Gasteiger charge is -2.39. The normalized spacial score (nSPS) is 17.3. The van der Waals surface area contributed by atoms with Gasteiger partial charge < -0.3 is 20.0 Å². The van der Waals surface area contributed by atoms with Crippen molar-refractivity contribution in [2.45, 2.75) is 65.0 Å². The molecule has 0 spiro atoms. The number of likely N-dealkylation sites (tertiary alicyclic amines) is 1. The number of carbonyl (C=O) groups excluding carboxylic acids is 1. The third-order valence-corrected chi connectivity index (χ3v) is 6.10. The maximum atomic E-state index is 13.5. The Bertz CT molecular complexity index is 1100. The second kappa shape index (κ2) is 10.1. The predicted octanol–water partition coefficient (Wildman–Crippen LogP) is 4.19. The van der Waals surface area contributed by atoms with Crippen LogP contribution in [0, 0.1) is 16.7 Å². The Morgan fingerprint density at radius 1 is 1.39 bits per heavy atom. The quantitative estimate of drug-likeness (QED) is 0.617. The first-order valence-corrected chi connectivity index (χ1v) is 11.7. The van der Waals surface area contributed by atoms with Gasteiger partial charge in [-0.1, -0.05) is 39.3 Å². The Hall–Kier alpha value is -2.63. The first-order chi connectivity index (χ1) is 15.5. The van der Waals surface area contributed by atoms with Crippen LogP contribution in [0.15, 0.2) is 27.4 Å². The van der Waals surface area contributed by atoms with Gasteiger partial charge in [0.2, 0.25) is 5.91 Å². The third kappa shape index (κ3) is 6.46. The van der Waals surface area contributed by atoms with E-state index in [0.29, 0.717) is 35.3 Å². The number of amides is 1. The molecule has 1 fully saturated rings. The second-order valence-electron chi connectivity index (χ2n) is 9.96. The van der Waals surface area contributed by atoms with Crippen LogP contribution in [0.5, 0.6) is 0 Å². The number of hydrogen-bond acceptors (Lipinski definition) is 7. The number of nitrogens with zero attached hydrogens (tertiary/aromatic N) is 3. The maximum Gasteiger partial charge on any atom is 0.441 e. The van der Waals surface area contributed by atoms with E-state index >= 15 is 0 Å². The summed E-state index contributed by atoms with van der Waals surface area (Å²) >= 11 is 6.14. The van der Waals surface area contributed by atoms with Crippen molar-refractivity contribution in [3.63, 3.8) is 0 Å². The number of anilines is 1. The monoisotopic (exact) mass is 475 g/mol. The zero-order valence-electron chi connectivity index (χ0n) is 19.7. The molecule has 1 aliphatic rings. The van der Waals surface area contributed by atoms with Gasteiger partial charge >= 0.3 is 5.76 Å². The number of benzene rings is 1. The number of hydrogen-bond donors (Lipinski definition) is 2. The number of carbonyl (C=O) groups is 1. The molecule has 1 amide bonds. The molecular weight excluding hydrogens is 442 g/mol. The Balaban J connectivity index is 0.00000408. The number of aromatic nitrogens is 1. The van der Waals surface area contributed by atoms with Crippen LogP contribution in [0.25, 0.3) is 11.0 Å². The summed E-state index contributed by atoms with van der Waals surface area (Å²) in [5, 5.41) is 17.1. The van der Waals surface area contributed by atoms with Crippen molar-refractivity contribution in [1.29, 1.82) is 5.26 Å². The number of nitriles is 1. The van der Waals surface area contributed by atoms with E-state index in [-0.39, 0.29) is 18.6 Å². The molecule has 180 valence electrons. The highest BCUT2D eigenvalue weighted by atomic mass is 35.5. The average molecular weight is 476 g/mol. The van der Waals surface area contributed by atoms with E-state index in [4.69, 9.17) is 16.0 Å². The van der Waals surface area contributed by atoms with Gasteiger partial charge in [-0.2, -0.15) is 10.2 Å². The molecule has 0 radical (unpaired) electrons. The van der Waals surface area contributed by atoms with Gasteiger partial charge in [0, 0.05) is 19.5 Å². The van der Waals surface area contributed by atoms with E-state index in [9.17, 15) is 14.9 Å². The minimum atomic E-state index is -0.909. The van der Waals surface area contributed by atoms with Gasteiger partial charge in [0.1, 0.15) is 23.0 Å². The third-order valence-electron chi connectivity index (χ3n) is 5.87. The van der Waals surface area contributed by atoms with Crippen molar-refractivity contribution in [3.05, 3.63) is 33.8 Å². The van der Waals surface area contributed by atoms with E-state index in [0.717, 1.165) is 26.1 Å². The summed E-state index contributed by atoms with van der Waals surface area (Å²) in [7, 11) is 0. The standard InChI is InChI=1S/C24H32ClN5O3.H2/c1-5-10-30-11-8-24(15-26,9-12-30)29-21(31)18(14-23(2,3)4)27-20-17-13-16(25)6-7-19(17)33-22(32)28-20;/h6-7,13,18H,5,8-12,14H2,1-4H3,(H,29,31)(H,27,28,32);1H/t18-;/m0./s1. The maximum absolute atomic E-state index is 13.5. The molecule has 1 aromatic heterocycles. The first kappa shape index (κ1) is 25.0. The number of rotatable bonds is 7. The lowest BCUT2D eigenvalue weighted by atomic mass is 9.85. The molecule has 0 unspecified atom stereocenters. The van der Waals surface area contributed by atoms with Crippen LogP contribution >= 0.6 is 11.6 Å². The van der Waals surface area contributed by atoms with Crippen LogP contribution in [-0.2, 0) is 4.79 Å². The highest BCUT2D eigenvalue weighted by molar-refractivity contribution is 6.31. The summed E-state index contributed by atoms with van der Waals surface area (Å²) in [5.41, 5.74) is -0.784. The lowest BCUT2D eigenvalue weighted by Crippen LogP contribution is -2.57. The number of nitrogens with one attached hydrogen (secondary N) is 2. The second-order valence-corrected chi connectivity index (χ2v) is 10.4. The Morgan fingerprint density at radius 3 is 2.70 bits per heavy atom. The molecule has 2 N–H and O–H groups in total. The van der Waals surface area contributed by atoms with Crippen LogP contribution in [-0.4, -0.2) is 47.0 Å². The molecule has 2 aromatic rings. The fraction of sp³-hybridized carbons (Fsp3) is 0.583. The van der Waals surface area contributed by atoms with E-state index < -0.39 is 17.3 Å². The molecule has 0 saturated carbocycles. The minimum Gasteiger partial charge on any atom is -0.408 e. The summed E-state index contributed by atoms with van der Waals surface area (Å²) < 4.78 is 5.17. The molecule has 1 atom stereocenters. The molecule has 2 heterocycles. The number of halogens is 1. The number of fused-ring (bicyclic) bond motifs is 1. The van der Waals surface area contributed by atoms with Crippen molar-refractivity contribution >= 4 is 34.3 Å². The van der Waals surface area contributed by atoms with Crippen LogP contribution in [0.4, 0.5) is 5.82 Å². The minimum absolute atomic E-state index is 0. The molecule has 1 saturated heterocycles. The highest BCUT2D eigenvalue weighted by Gasteiger charge is 2.38. The summed E-state index contributed by atoms with van der Waals surface area (Å²) in [5.74, 6) is -0.823. The Kier molecular flexibility index (Phi) is 7.65. The van der Waals surface area contributed by atoms with E-state index in [1.54, 1.807) is 18.2 Å². The SMILES string of the molecule is CCCN1CCC(C#N)(NC(=O)[C@H](CC(C)(C)C)Nc2nc(=O)oc3ccc(Cl)cc23)CC1.[HH]. The van der Waals surface area contributed by atoms with Gasteiger partial charge in [-0.05, 0) is 55.8 Å². The number of piperidine rings is 1. The fourth-order valence-electron chi connectivity index (χ4n) is 4.20. The molecule has 33 heavy (non-hydrogen) atoms. The summed E-state index contributed by atoms with van der Waals surface area (Å²) in [6.07, 6.45) is 2.66. The van der Waals surface area contributed by atoms with E-state index in [1.165, 1.54) is 0 Å². The Morgan fingerprint density at radius 2 is 2.09 bits per heavy atom. The zero-order chi connectivity index (χ0) is 24.2. The molecule has 1 aromatic carbocycles. The molecule has 9 heteroatoms. The van der Waals surface area contributed by atoms with Crippen LogP contribution < -0.4 is 16.4 Å². The zero-order valence-corrected chi connectivity index (χ0v) is 20.5. The van der Waals surface area contributed by atoms with Gasteiger partial charge in [-0.15, -0.1) is 0 Å². The van der Waals surface area contributed by atoms with Crippen LogP contribution in [0.2, 0.25) is 5.02 Å². The Labute approximate surface area is 200 Å². The summed E-state index contributed by atoms with van der Waals surface area (Å²) in [6.45, 7) is 10.7. The summed E-state index contributed by atoms with van der Waals surface area (Å²) in [4.78, 5) is 31.8. The lowest BCUT2D eigenvalue weighted by molar-refractivity contribution is -0.124. The molecule has 0 bridgehead atoms. The van der Waals surface area contributed by atoms with E-state index in [2.05, 4.69) is 33.5 Å². The van der Waals surface area contributed by atoms with Gasteiger partial charge in [-0.3, -0.25) is 4.79 Å². The van der Waals surface area contributed by atoms with Crippen LogP contribution in [0.1, 0.15) is 54.8 Å². The van der Waals surface area contributed by atoms with Gasteiger partial charge in [0.25, 0.3) is 0 Å². The molecule has 1 aliphatic heterocycles. The largest absolute Gasteiger partial charge is 0.441 e. The smallest absolute Gasteiger partial charge is 0.408 e. The average Bonchev–Trinajstić information content (AvgIpc) is 2.74. The van der Waals surface area contributed by atoms with E-state index in [1.807, 2.05) is 20.8 Å². The predicted molar refractivity (Wildman–Crippen MR) is 131 cm³/mol.